The predicted molar refractivity (Wildman–Crippen MR) is 102 cm³/mol. The van der Waals surface area contributed by atoms with E-state index in [0.29, 0.717) is 17.4 Å². The summed E-state index contributed by atoms with van der Waals surface area (Å²) in [6.45, 7) is 4.89. The molecule has 0 unspecified atom stereocenters. The highest BCUT2D eigenvalue weighted by molar-refractivity contribution is 8.00. The van der Waals surface area contributed by atoms with Gasteiger partial charge in [-0.25, -0.2) is 0 Å². The third-order valence-corrected chi connectivity index (χ3v) is 5.47. The summed E-state index contributed by atoms with van der Waals surface area (Å²) in [5.74, 6) is -0.0406. The molecule has 0 fully saturated rings. The van der Waals surface area contributed by atoms with Crippen LogP contribution in [0.3, 0.4) is 0 Å². The van der Waals surface area contributed by atoms with Gasteiger partial charge in [0.1, 0.15) is 0 Å². The van der Waals surface area contributed by atoms with Crippen LogP contribution in [0.1, 0.15) is 36.2 Å². The van der Waals surface area contributed by atoms with E-state index in [1.165, 1.54) is 6.92 Å². The monoisotopic (exact) mass is 354 g/mol. The average Bonchev–Trinajstić information content (AvgIpc) is 2.78. The van der Waals surface area contributed by atoms with Crippen molar-refractivity contribution in [3.63, 3.8) is 0 Å². The Bertz CT molecular complexity index is 774. The van der Waals surface area contributed by atoms with Gasteiger partial charge in [-0.15, -0.1) is 11.8 Å². The number of thioether (sulfide) groups is 1. The van der Waals surface area contributed by atoms with Gasteiger partial charge in [-0.3, -0.25) is 9.59 Å². The summed E-state index contributed by atoms with van der Waals surface area (Å²) in [5.41, 5.74) is 2.64. The van der Waals surface area contributed by atoms with Crippen molar-refractivity contribution in [3.8, 4) is 0 Å². The van der Waals surface area contributed by atoms with Crippen LogP contribution in [0.15, 0.2) is 53.4 Å². The van der Waals surface area contributed by atoms with Gasteiger partial charge < -0.3 is 10.2 Å². The van der Waals surface area contributed by atoms with Gasteiger partial charge in [0.25, 0.3) is 5.91 Å². The van der Waals surface area contributed by atoms with Crippen molar-refractivity contribution in [2.45, 2.75) is 37.0 Å². The molecule has 130 valence electrons. The van der Waals surface area contributed by atoms with Gasteiger partial charge in [0.05, 0.1) is 5.69 Å². The van der Waals surface area contributed by atoms with E-state index < -0.39 is 0 Å². The zero-order valence-corrected chi connectivity index (χ0v) is 15.3. The van der Waals surface area contributed by atoms with Gasteiger partial charge in [-0.05, 0) is 36.2 Å². The van der Waals surface area contributed by atoms with Crippen molar-refractivity contribution in [1.29, 1.82) is 0 Å². The predicted octanol–water partition coefficient (Wildman–Crippen LogP) is 3.85. The maximum atomic E-state index is 13.0. The zero-order chi connectivity index (χ0) is 17.8. The first-order valence-corrected chi connectivity index (χ1v) is 9.33. The SMILES string of the molecule is CC(=O)NCc1ccc(C(=O)N2CC[C@@H](C)Sc3ccccc32)cc1. The minimum absolute atomic E-state index is 0.0215. The summed E-state index contributed by atoms with van der Waals surface area (Å²) in [6.07, 6.45) is 0.964. The number of carbonyl (C=O) groups is 2. The van der Waals surface area contributed by atoms with Crippen LogP contribution in [0.5, 0.6) is 0 Å². The Morgan fingerprint density at radius 3 is 2.60 bits per heavy atom. The van der Waals surface area contributed by atoms with Crippen LogP contribution in [0.25, 0.3) is 0 Å². The highest BCUT2D eigenvalue weighted by atomic mass is 32.2. The molecular formula is C20H22N2O2S. The smallest absolute Gasteiger partial charge is 0.258 e. The molecule has 0 saturated carbocycles. The lowest BCUT2D eigenvalue weighted by Crippen LogP contribution is -2.32. The quantitative estimate of drug-likeness (QED) is 0.911. The van der Waals surface area contributed by atoms with Crippen LogP contribution < -0.4 is 10.2 Å². The molecule has 1 aliphatic heterocycles. The minimum Gasteiger partial charge on any atom is -0.352 e. The second kappa shape index (κ2) is 7.74. The number of para-hydroxylation sites is 1. The summed E-state index contributed by atoms with van der Waals surface area (Å²) in [4.78, 5) is 27.1. The van der Waals surface area contributed by atoms with Gasteiger partial charge in [0, 0.05) is 35.7 Å². The molecule has 5 heteroatoms. The fourth-order valence-electron chi connectivity index (χ4n) is 2.85. The molecular weight excluding hydrogens is 332 g/mol. The fraction of sp³-hybridized carbons (Fsp3) is 0.300. The molecule has 0 bridgehead atoms. The van der Waals surface area contributed by atoms with Crippen LogP contribution in [0, 0.1) is 0 Å². The van der Waals surface area contributed by atoms with Crippen LogP contribution in [-0.4, -0.2) is 23.6 Å². The lowest BCUT2D eigenvalue weighted by molar-refractivity contribution is -0.119. The highest BCUT2D eigenvalue weighted by Crippen LogP contribution is 2.37. The maximum absolute atomic E-state index is 13.0. The highest BCUT2D eigenvalue weighted by Gasteiger charge is 2.24. The van der Waals surface area contributed by atoms with Crippen molar-refractivity contribution in [2.24, 2.45) is 0 Å². The Morgan fingerprint density at radius 2 is 1.88 bits per heavy atom. The van der Waals surface area contributed by atoms with Crippen LogP contribution in [0.2, 0.25) is 0 Å². The first-order chi connectivity index (χ1) is 12.0. The third-order valence-electron chi connectivity index (χ3n) is 4.23. The molecule has 2 amide bonds. The van der Waals surface area contributed by atoms with Gasteiger partial charge in [0.2, 0.25) is 5.91 Å². The number of rotatable bonds is 3. The van der Waals surface area contributed by atoms with Crippen LogP contribution in [0.4, 0.5) is 5.69 Å². The number of nitrogens with one attached hydrogen (secondary N) is 1. The molecule has 3 rings (SSSR count). The van der Waals surface area contributed by atoms with E-state index in [2.05, 4.69) is 18.3 Å². The van der Waals surface area contributed by atoms with E-state index in [0.717, 1.165) is 29.1 Å². The van der Waals surface area contributed by atoms with E-state index in [1.54, 1.807) is 0 Å². The summed E-state index contributed by atoms with van der Waals surface area (Å²) >= 11 is 1.83. The Labute approximate surface area is 152 Å². The summed E-state index contributed by atoms with van der Waals surface area (Å²) in [5, 5.41) is 3.25. The summed E-state index contributed by atoms with van der Waals surface area (Å²) in [7, 11) is 0. The number of nitrogens with zero attached hydrogens (tertiary/aromatic N) is 1. The Morgan fingerprint density at radius 1 is 1.16 bits per heavy atom. The van der Waals surface area contributed by atoms with Crippen molar-refractivity contribution in [2.75, 3.05) is 11.4 Å². The molecule has 0 aromatic heterocycles. The standard InChI is InChI=1S/C20H22N2O2S/c1-14-11-12-22(18-5-3-4-6-19(18)25-14)20(24)17-9-7-16(8-10-17)13-21-15(2)23/h3-10,14H,11-13H2,1-2H3,(H,21,23)/t14-/m1/s1. The molecule has 0 saturated heterocycles. The molecule has 0 aliphatic carbocycles. The maximum Gasteiger partial charge on any atom is 0.258 e. The van der Waals surface area contributed by atoms with Crippen molar-refractivity contribution < 1.29 is 9.59 Å². The molecule has 1 atom stereocenters. The Hall–Kier alpha value is -2.27. The zero-order valence-electron chi connectivity index (χ0n) is 14.5. The summed E-state index contributed by atoms with van der Waals surface area (Å²) < 4.78 is 0. The van der Waals surface area contributed by atoms with Crippen LogP contribution in [-0.2, 0) is 11.3 Å². The molecule has 2 aromatic carbocycles. The van der Waals surface area contributed by atoms with Crippen molar-refractivity contribution in [1.82, 2.24) is 5.32 Å². The van der Waals surface area contributed by atoms with E-state index in [1.807, 2.05) is 59.1 Å². The first-order valence-electron chi connectivity index (χ1n) is 8.45. The fourth-order valence-corrected chi connectivity index (χ4v) is 3.96. The number of benzene rings is 2. The third kappa shape index (κ3) is 4.23. The largest absolute Gasteiger partial charge is 0.352 e. The first kappa shape index (κ1) is 17.5. The van der Waals surface area contributed by atoms with Crippen LogP contribution >= 0.6 is 11.8 Å². The second-order valence-electron chi connectivity index (χ2n) is 6.25. The van der Waals surface area contributed by atoms with Crippen molar-refractivity contribution in [3.05, 3.63) is 59.7 Å². The molecule has 1 aliphatic rings. The molecule has 2 aromatic rings. The normalized spacial score (nSPS) is 16.7. The molecule has 1 heterocycles. The molecule has 0 radical (unpaired) electrons. The number of anilines is 1. The van der Waals surface area contributed by atoms with Gasteiger partial charge in [-0.2, -0.15) is 0 Å². The van der Waals surface area contributed by atoms with E-state index in [9.17, 15) is 9.59 Å². The number of hydrogen-bond donors (Lipinski definition) is 1. The van der Waals surface area contributed by atoms with E-state index in [4.69, 9.17) is 0 Å². The van der Waals surface area contributed by atoms with Gasteiger partial charge in [0.15, 0.2) is 0 Å². The van der Waals surface area contributed by atoms with Gasteiger partial charge >= 0.3 is 0 Å². The number of carbonyl (C=O) groups excluding carboxylic acids is 2. The minimum atomic E-state index is -0.0621. The molecule has 25 heavy (non-hydrogen) atoms. The molecule has 1 N–H and O–H groups in total. The molecule has 4 nitrogen and oxygen atoms in total. The van der Waals surface area contributed by atoms with Crippen molar-refractivity contribution >= 4 is 29.3 Å². The second-order valence-corrected chi connectivity index (χ2v) is 7.73. The number of amides is 2. The Balaban J connectivity index is 1.81. The average molecular weight is 354 g/mol. The molecule has 0 spiro atoms. The lowest BCUT2D eigenvalue weighted by atomic mass is 10.1. The van der Waals surface area contributed by atoms with E-state index >= 15 is 0 Å². The number of fused-ring (bicyclic) bond motifs is 1. The lowest BCUT2D eigenvalue weighted by Gasteiger charge is -2.22. The summed E-state index contributed by atoms with van der Waals surface area (Å²) in [6, 6.07) is 15.6. The Kier molecular flexibility index (Phi) is 5.43. The van der Waals surface area contributed by atoms with E-state index in [-0.39, 0.29) is 11.8 Å². The topological polar surface area (TPSA) is 49.4 Å². The number of hydrogen-bond acceptors (Lipinski definition) is 3. The van der Waals surface area contributed by atoms with Gasteiger partial charge in [-0.1, -0.05) is 31.2 Å².